The molecule has 4 N–H and O–H groups in total. The molecule has 0 radical (unpaired) electrons. The number of nitrogens with one attached hydrogen (secondary N) is 1. The van der Waals surface area contributed by atoms with Crippen LogP contribution in [0.15, 0.2) is 18.2 Å². The zero-order valence-electron chi connectivity index (χ0n) is 12.2. The van der Waals surface area contributed by atoms with Crippen molar-refractivity contribution in [3.8, 4) is 0 Å². The van der Waals surface area contributed by atoms with E-state index in [2.05, 4.69) is 5.32 Å². The van der Waals surface area contributed by atoms with Gasteiger partial charge >= 0.3 is 5.97 Å². The first-order valence-corrected chi connectivity index (χ1v) is 7.40. The van der Waals surface area contributed by atoms with Crippen LogP contribution in [0.5, 0.6) is 0 Å². The van der Waals surface area contributed by atoms with Gasteiger partial charge in [-0.3, -0.25) is 4.79 Å². The lowest BCUT2D eigenvalue weighted by Crippen LogP contribution is -2.40. The highest BCUT2D eigenvalue weighted by molar-refractivity contribution is 5.67. The second kappa shape index (κ2) is 7.02. The van der Waals surface area contributed by atoms with E-state index >= 15 is 0 Å². The molecule has 5 heteroatoms. The lowest BCUT2D eigenvalue weighted by atomic mass is 9.96. The summed E-state index contributed by atoms with van der Waals surface area (Å²) in [6, 6.07) is 5.25. The van der Waals surface area contributed by atoms with Crippen molar-refractivity contribution in [2.45, 2.75) is 50.9 Å². The number of hydrogen-bond acceptors (Lipinski definition) is 4. The molecule has 0 saturated carbocycles. The lowest BCUT2D eigenvalue weighted by Gasteiger charge is -2.24. The zero-order chi connectivity index (χ0) is 15.4. The summed E-state index contributed by atoms with van der Waals surface area (Å²) in [7, 11) is 0. The summed E-state index contributed by atoms with van der Waals surface area (Å²) < 4.78 is 0. The highest BCUT2D eigenvalue weighted by Crippen LogP contribution is 2.27. The molecule has 3 unspecified atom stereocenters. The van der Waals surface area contributed by atoms with E-state index in [1.807, 2.05) is 18.2 Å². The number of carboxylic acids is 1. The number of aliphatic carboxylic acids is 1. The van der Waals surface area contributed by atoms with Crippen molar-refractivity contribution in [2.75, 3.05) is 6.54 Å². The third kappa shape index (κ3) is 4.27. The van der Waals surface area contributed by atoms with E-state index in [-0.39, 0.29) is 13.0 Å². The van der Waals surface area contributed by atoms with Gasteiger partial charge in [0.1, 0.15) is 0 Å². The van der Waals surface area contributed by atoms with Crippen molar-refractivity contribution in [1.82, 2.24) is 5.32 Å². The van der Waals surface area contributed by atoms with E-state index in [9.17, 15) is 15.0 Å². The minimum absolute atomic E-state index is 0.190. The SMILES string of the molecule is CC(O)CNC(CC(=O)O)C(O)c1ccc2c(c1)CCC2. The second-order valence-corrected chi connectivity index (χ2v) is 5.79. The van der Waals surface area contributed by atoms with Crippen LogP contribution < -0.4 is 5.32 Å². The minimum Gasteiger partial charge on any atom is -0.481 e. The standard InChI is InChI=1S/C16H23NO4/c1-10(18)9-17-14(8-15(19)20)16(21)13-6-5-11-3-2-4-12(11)7-13/h5-7,10,14,16-18,21H,2-4,8-9H2,1H3,(H,19,20). The van der Waals surface area contributed by atoms with Crippen LogP contribution in [0.4, 0.5) is 0 Å². The molecule has 0 amide bonds. The molecule has 5 nitrogen and oxygen atoms in total. The molecule has 0 fully saturated rings. The van der Waals surface area contributed by atoms with Gasteiger partial charge in [-0.15, -0.1) is 0 Å². The number of benzene rings is 1. The Kier molecular flexibility index (Phi) is 5.33. The first-order valence-electron chi connectivity index (χ1n) is 7.40. The first kappa shape index (κ1) is 15.9. The molecule has 0 saturated heterocycles. The molecule has 0 bridgehead atoms. The van der Waals surface area contributed by atoms with Crippen LogP contribution in [-0.2, 0) is 17.6 Å². The van der Waals surface area contributed by atoms with Gasteiger partial charge in [0.25, 0.3) is 0 Å². The third-order valence-electron chi connectivity index (χ3n) is 3.92. The number of aliphatic hydroxyl groups excluding tert-OH is 2. The smallest absolute Gasteiger partial charge is 0.305 e. The Bertz CT molecular complexity index is 501. The van der Waals surface area contributed by atoms with Crippen LogP contribution >= 0.6 is 0 Å². The number of carboxylic acid groups (broad SMARTS) is 1. The first-order chi connectivity index (χ1) is 9.97. The van der Waals surface area contributed by atoms with Crippen LogP contribution in [0.3, 0.4) is 0 Å². The molecule has 116 valence electrons. The van der Waals surface area contributed by atoms with Crippen molar-refractivity contribution in [1.29, 1.82) is 0 Å². The summed E-state index contributed by atoms with van der Waals surface area (Å²) in [5.74, 6) is -0.974. The highest BCUT2D eigenvalue weighted by atomic mass is 16.4. The maximum atomic E-state index is 11.0. The number of rotatable bonds is 7. The normalized spacial score (nSPS) is 18.0. The molecular weight excluding hydrogens is 270 g/mol. The maximum absolute atomic E-state index is 11.0. The Balaban J connectivity index is 2.12. The van der Waals surface area contributed by atoms with Crippen molar-refractivity contribution >= 4 is 5.97 Å². The lowest BCUT2D eigenvalue weighted by molar-refractivity contribution is -0.138. The summed E-state index contributed by atoms with van der Waals surface area (Å²) in [6.45, 7) is 1.87. The summed E-state index contributed by atoms with van der Waals surface area (Å²) in [4.78, 5) is 11.0. The third-order valence-corrected chi connectivity index (χ3v) is 3.92. The molecule has 1 aromatic carbocycles. The molecule has 3 atom stereocenters. The Hall–Kier alpha value is -1.43. The monoisotopic (exact) mass is 293 g/mol. The van der Waals surface area contributed by atoms with Gasteiger partial charge in [-0.1, -0.05) is 18.2 Å². The molecule has 0 aliphatic heterocycles. The number of aryl methyl sites for hydroxylation is 2. The zero-order valence-corrected chi connectivity index (χ0v) is 12.2. The predicted molar refractivity (Wildman–Crippen MR) is 79.2 cm³/mol. The summed E-state index contributed by atoms with van der Waals surface area (Å²) in [5, 5.41) is 31.7. The predicted octanol–water partition coefficient (Wildman–Crippen LogP) is 1.02. The fourth-order valence-corrected chi connectivity index (χ4v) is 2.81. The Labute approximate surface area is 124 Å². The Morgan fingerprint density at radius 3 is 2.67 bits per heavy atom. The van der Waals surface area contributed by atoms with Gasteiger partial charge in [0, 0.05) is 12.6 Å². The number of hydrogen-bond donors (Lipinski definition) is 4. The molecule has 0 heterocycles. The van der Waals surface area contributed by atoms with Crippen LogP contribution in [0.1, 0.15) is 42.6 Å². The van der Waals surface area contributed by atoms with E-state index in [0.29, 0.717) is 0 Å². The van der Waals surface area contributed by atoms with Crippen LogP contribution in [0.25, 0.3) is 0 Å². The summed E-state index contributed by atoms with van der Waals surface area (Å²) in [6.07, 6.45) is 1.54. The van der Waals surface area contributed by atoms with Crippen molar-refractivity contribution in [2.24, 2.45) is 0 Å². The molecule has 0 spiro atoms. The van der Waals surface area contributed by atoms with Crippen molar-refractivity contribution < 1.29 is 20.1 Å². The molecular formula is C16H23NO4. The van der Waals surface area contributed by atoms with Crippen LogP contribution in [0, 0.1) is 0 Å². The average Bonchev–Trinajstić information content (AvgIpc) is 2.89. The molecule has 0 aromatic heterocycles. The minimum atomic E-state index is -0.974. The van der Waals surface area contributed by atoms with E-state index < -0.39 is 24.2 Å². The molecule has 1 aliphatic rings. The van der Waals surface area contributed by atoms with Gasteiger partial charge in [-0.2, -0.15) is 0 Å². The fraction of sp³-hybridized carbons (Fsp3) is 0.562. The molecule has 1 aromatic rings. The van der Waals surface area contributed by atoms with E-state index in [1.54, 1.807) is 6.92 Å². The quantitative estimate of drug-likeness (QED) is 0.603. The average molecular weight is 293 g/mol. The van der Waals surface area contributed by atoms with E-state index in [0.717, 1.165) is 24.8 Å². The summed E-state index contributed by atoms with van der Waals surface area (Å²) >= 11 is 0. The number of carbonyl (C=O) groups is 1. The van der Waals surface area contributed by atoms with Gasteiger partial charge in [0.05, 0.1) is 18.6 Å². The van der Waals surface area contributed by atoms with Crippen LogP contribution in [0.2, 0.25) is 0 Å². The van der Waals surface area contributed by atoms with Crippen molar-refractivity contribution in [3.63, 3.8) is 0 Å². The van der Waals surface area contributed by atoms with Gasteiger partial charge in [-0.25, -0.2) is 0 Å². The Morgan fingerprint density at radius 1 is 1.29 bits per heavy atom. The van der Waals surface area contributed by atoms with Crippen LogP contribution in [-0.4, -0.2) is 40.0 Å². The van der Waals surface area contributed by atoms with E-state index in [1.165, 1.54) is 11.1 Å². The topological polar surface area (TPSA) is 89.8 Å². The maximum Gasteiger partial charge on any atom is 0.305 e. The fourth-order valence-electron chi connectivity index (χ4n) is 2.81. The van der Waals surface area contributed by atoms with E-state index in [4.69, 9.17) is 5.11 Å². The van der Waals surface area contributed by atoms with Gasteiger partial charge in [-0.05, 0) is 42.9 Å². The van der Waals surface area contributed by atoms with Gasteiger partial charge < -0.3 is 20.6 Å². The number of aliphatic hydroxyl groups is 2. The summed E-state index contributed by atoms with van der Waals surface area (Å²) in [5.41, 5.74) is 3.30. The Morgan fingerprint density at radius 2 is 2.00 bits per heavy atom. The van der Waals surface area contributed by atoms with Crippen molar-refractivity contribution in [3.05, 3.63) is 34.9 Å². The molecule has 1 aliphatic carbocycles. The van der Waals surface area contributed by atoms with Gasteiger partial charge in [0.15, 0.2) is 0 Å². The molecule has 2 rings (SSSR count). The number of fused-ring (bicyclic) bond motifs is 1. The second-order valence-electron chi connectivity index (χ2n) is 5.79. The largest absolute Gasteiger partial charge is 0.481 e. The highest BCUT2D eigenvalue weighted by Gasteiger charge is 2.24. The molecule has 21 heavy (non-hydrogen) atoms. The van der Waals surface area contributed by atoms with Gasteiger partial charge in [0.2, 0.25) is 0 Å².